The van der Waals surface area contributed by atoms with Crippen LogP contribution in [-0.4, -0.2) is 40.5 Å². The fraction of sp³-hybridized carbons (Fsp3) is 0.600. The number of rotatable bonds is 1. The van der Waals surface area contributed by atoms with E-state index in [1.54, 1.807) is 24.3 Å². The van der Waals surface area contributed by atoms with Gasteiger partial charge in [0.15, 0.2) is 11.5 Å². The fourth-order valence-corrected chi connectivity index (χ4v) is 2.51. The quantitative estimate of drug-likeness (QED) is 0.831. The Hall–Kier alpha value is -1.35. The second-order valence-electron chi connectivity index (χ2n) is 5.20. The molecule has 7 nitrogen and oxygen atoms in total. The summed E-state index contributed by atoms with van der Waals surface area (Å²) < 4.78 is 41.4. The van der Waals surface area contributed by atoms with E-state index in [4.69, 9.17) is 24.1 Å². The van der Waals surface area contributed by atoms with Crippen LogP contribution in [0.15, 0.2) is 24.3 Å². The van der Waals surface area contributed by atoms with Crippen LogP contribution in [0.5, 0.6) is 11.5 Å². The number of primary sulfonamides is 1. The van der Waals surface area contributed by atoms with Crippen LogP contribution in [0.2, 0.25) is 0 Å². The number of hydrogen-bond acceptors (Lipinski definition) is 6. The van der Waals surface area contributed by atoms with E-state index in [-0.39, 0.29) is 0 Å². The highest BCUT2D eigenvalue weighted by Crippen LogP contribution is 2.34. The van der Waals surface area contributed by atoms with Crippen LogP contribution in [0.3, 0.4) is 0 Å². The van der Waals surface area contributed by atoms with E-state index in [1.807, 2.05) is 0 Å². The Balaban J connectivity index is 0.000000156. The topological polar surface area (TPSA) is 97.1 Å². The lowest BCUT2D eigenvalue weighted by Crippen LogP contribution is -2.34. The van der Waals surface area contributed by atoms with Crippen LogP contribution in [-0.2, 0) is 19.5 Å². The molecule has 0 unspecified atom stereocenters. The Morgan fingerprint density at radius 3 is 1.48 bits per heavy atom. The molecule has 0 bridgehead atoms. The van der Waals surface area contributed by atoms with E-state index >= 15 is 0 Å². The molecule has 3 aliphatic heterocycles. The molecule has 3 heterocycles. The molecule has 8 heteroatoms. The standard InChI is InChI=1S/C7H7NO4S.2C4H8O/c8-13(9,10)7-11-5-3-1-2-4-6(5)12-7;2*1-2-4-5-3-1/h1-4,7H,(H2,8,9,10);2*1-4H2. The highest BCUT2D eigenvalue weighted by atomic mass is 32.2. The van der Waals surface area contributed by atoms with Crippen molar-refractivity contribution in [2.75, 3.05) is 26.4 Å². The number of hydrogen-bond donors (Lipinski definition) is 1. The Morgan fingerprint density at radius 2 is 1.22 bits per heavy atom. The monoisotopic (exact) mass is 345 g/mol. The molecule has 23 heavy (non-hydrogen) atoms. The average molecular weight is 345 g/mol. The molecular weight excluding hydrogens is 322 g/mol. The van der Waals surface area contributed by atoms with Gasteiger partial charge in [0.2, 0.25) is 0 Å². The molecule has 2 N–H and O–H groups in total. The first-order valence-electron chi connectivity index (χ1n) is 7.67. The van der Waals surface area contributed by atoms with Gasteiger partial charge in [0.1, 0.15) is 0 Å². The average Bonchev–Trinajstić information content (AvgIpc) is 3.29. The predicted molar refractivity (Wildman–Crippen MR) is 84.7 cm³/mol. The van der Waals surface area contributed by atoms with Gasteiger partial charge in [-0.2, -0.15) is 0 Å². The number of benzene rings is 1. The van der Waals surface area contributed by atoms with Gasteiger partial charge in [-0.15, -0.1) is 0 Å². The van der Waals surface area contributed by atoms with Gasteiger partial charge in [0, 0.05) is 26.4 Å². The van der Waals surface area contributed by atoms with Crippen molar-refractivity contribution in [3.05, 3.63) is 24.3 Å². The third-order valence-electron chi connectivity index (χ3n) is 3.22. The summed E-state index contributed by atoms with van der Waals surface area (Å²) in [7, 11) is -3.81. The molecule has 0 saturated carbocycles. The van der Waals surface area contributed by atoms with Gasteiger partial charge in [-0.1, -0.05) is 12.1 Å². The Morgan fingerprint density at radius 1 is 0.826 bits per heavy atom. The second kappa shape index (κ2) is 9.07. The number of ether oxygens (including phenoxy) is 4. The third-order valence-corrected chi connectivity index (χ3v) is 3.95. The zero-order chi connectivity index (χ0) is 16.5. The molecule has 0 amide bonds. The SMILES string of the molecule is C1CCOC1.C1CCOC1.NS(=O)(=O)C1Oc2ccccc2O1. The van der Waals surface area contributed by atoms with Gasteiger partial charge in [-0.05, 0) is 37.8 Å². The molecule has 0 aliphatic carbocycles. The summed E-state index contributed by atoms with van der Waals surface area (Å²) in [6, 6.07) is 6.66. The first-order chi connectivity index (χ1) is 11.1. The smallest absolute Gasteiger partial charge is 0.360 e. The van der Waals surface area contributed by atoms with E-state index in [2.05, 4.69) is 0 Å². The van der Waals surface area contributed by atoms with Crippen molar-refractivity contribution in [2.24, 2.45) is 5.14 Å². The van der Waals surface area contributed by atoms with E-state index in [0.717, 1.165) is 26.4 Å². The lowest BCUT2D eigenvalue weighted by Gasteiger charge is -2.05. The van der Waals surface area contributed by atoms with Gasteiger partial charge in [0.05, 0.1) is 0 Å². The molecule has 130 valence electrons. The maximum atomic E-state index is 10.8. The van der Waals surface area contributed by atoms with E-state index < -0.39 is 15.6 Å². The van der Waals surface area contributed by atoms with Crippen molar-refractivity contribution in [3.8, 4) is 11.5 Å². The van der Waals surface area contributed by atoms with Crippen LogP contribution in [0, 0.1) is 0 Å². The second-order valence-corrected chi connectivity index (χ2v) is 6.76. The van der Waals surface area contributed by atoms with Crippen LogP contribution in [0.4, 0.5) is 0 Å². The van der Waals surface area contributed by atoms with Crippen molar-refractivity contribution >= 4 is 10.0 Å². The number of fused-ring (bicyclic) bond motifs is 1. The summed E-state index contributed by atoms with van der Waals surface area (Å²) in [4.78, 5) is 0. The van der Waals surface area contributed by atoms with E-state index in [0.29, 0.717) is 11.5 Å². The summed E-state index contributed by atoms with van der Waals surface area (Å²) in [5.74, 6) is 0.781. The number of nitrogens with two attached hydrogens (primary N) is 1. The Labute approximate surface area is 136 Å². The van der Waals surface area contributed by atoms with Gasteiger partial charge in [-0.25, -0.2) is 13.6 Å². The lowest BCUT2D eigenvalue weighted by atomic mass is 10.3. The van der Waals surface area contributed by atoms with Crippen LogP contribution < -0.4 is 14.6 Å². The highest BCUT2D eigenvalue weighted by Gasteiger charge is 2.32. The largest absolute Gasteiger partial charge is 0.437 e. The molecule has 1 aromatic rings. The van der Waals surface area contributed by atoms with E-state index in [9.17, 15) is 8.42 Å². The lowest BCUT2D eigenvalue weighted by molar-refractivity contribution is 0.124. The van der Waals surface area contributed by atoms with Gasteiger partial charge in [0.25, 0.3) is 10.0 Å². The molecule has 4 rings (SSSR count). The molecule has 2 fully saturated rings. The molecule has 0 atom stereocenters. The summed E-state index contributed by atoms with van der Waals surface area (Å²) in [5.41, 5.74) is -1.41. The van der Waals surface area contributed by atoms with Gasteiger partial charge in [-0.3, -0.25) is 0 Å². The minimum absolute atomic E-state index is 0.390. The van der Waals surface area contributed by atoms with Crippen LogP contribution >= 0.6 is 0 Å². The molecule has 0 aromatic heterocycles. The van der Waals surface area contributed by atoms with Crippen molar-refractivity contribution in [3.63, 3.8) is 0 Å². The number of para-hydroxylation sites is 2. The van der Waals surface area contributed by atoms with Crippen molar-refractivity contribution in [1.82, 2.24) is 0 Å². The summed E-state index contributed by atoms with van der Waals surface area (Å²) >= 11 is 0. The predicted octanol–water partition coefficient (Wildman–Crippen LogP) is 1.62. The van der Waals surface area contributed by atoms with Crippen LogP contribution in [0.1, 0.15) is 25.7 Å². The molecule has 0 radical (unpaired) electrons. The zero-order valence-electron chi connectivity index (χ0n) is 13.0. The number of sulfonamides is 1. The Bertz CT molecular complexity index is 519. The van der Waals surface area contributed by atoms with Gasteiger partial charge < -0.3 is 18.9 Å². The van der Waals surface area contributed by atoms with Crippen LogP contribution in [0.25, 0.3) is 0 Å². The zero-order valence-corrected chi connectivity index (χ0v) is 13.8. The molecule has 3 aliphatic rings. The van der Waals surface area contributed by atoms with Crippen molar-refractivity contribution < 1.29 is 27.4 Å². The van der Waals surface area contributed by atoms with Crippen molar-refractivity contribution in [2.45, 2.75) is 31.3 Å². The Kier molecular flexibility index (Phi) is 7.10. The molecular formula is C15H23NO6S. The normalized spacial score (nSPS) is 19.5. The molecule has 1 aromatic carbocycles. The summed E-state index contributed by atoms with van der Waals surface area (Å²) in [6.07, 6.45) is 5.11. The fourth-order valence-electron chi connectivity index (χ4n) is 2.03. The maximum absolute atomic E-state index is 10.8. The van der Waals surface area contributed by atoms with Crippen molar-refractivity contribution in [1.29, 1.82) is 0 Å². The minimum atomic E-state index is -3.81. The summed E-state index contributed by atoms with van der Waals surface area (Å²) in [5, 5.41) is 4.84. The first-order valence-corrected chi connectivity index (χ1v) is 9.28. The third kappa shape index (κ3) is 6.34. The van der Waals surface area contributed by atoms with E-state index in [1.165, 1.54) is 25.7 Å². The highest BCUT2D eigenvalue weighted by molar-refractivity contribution is 7.89. The first kappa shape index (κ1) is 18.0. The van der Waals surface area contributed by atoms with Gasteiger partial charge >= 0.3 is 5.62 Å². The maximum Gasteiger partial charge on any atom is 0.360 e. The minimum Gasteiger partial charge on any atom is -0.437 e. The molecule has 2 saturated heterocycles. The summed E-state index contributed by atoms with van der Waals surface area (Å²) in [6.45, 7) is 4.00. The molecule has 0 spiro atoms.